The maximum Gasteiger partial charge on any atom is 0.404 e. The number of rotatable bonds is 4. The molecule has 6 heteroatoms. The molecule has 0 aromatic carbocycles. The number of esters is 1. The van der Waals surface area contributed by atoms with E-state index in [1.165, 1.54) is 0 Å². The van der Waals surface area contributed by atoms with Crippen molar-refractivity contribution < 1.29 is 22.7 Å². The van der Waals surface area contributed by atoms with Crippen molar-refractivity contribution in [3.05, 3.63) is 0 Å². The van der Waals surface area contributed by atoms with Gasteiger partial charge in [0.2, 0.25) is 0 Å². The van der Waals surface area contributed by atoms with Gasteiger partial charge in [0.25, 0.3) is 0 Å². The minimum Gasteiger partial charge on any atom is -0.466 e. The van der Waals surface area contributed by atoms with Crippen molar-refractivity contribution in [3.63, 3.8) is 0 Å². The number of carbonyl (C=O) groups excluding carboxylic acids is 1. The van der Waals surface area contributed by atoms with Gasteiger partial charge in [-0.3, -0.25) is 4.79 Å². The molecule has 0 aromatic heterocycles. The average molecular weight is 199 g/mol. The Morgan fingerprint density at radius 1 is 1.54 bits per heavy atom. The summed E-state index contributed by atoms with van der Waals surface area (Å²) < 4.78 is 40.5. The molecule has 1 unspecified atom stereocenters. The fraction of sp³-hybridized carbons (Fsp3) is 0.857. The molecule has 13 heavy (non-hydrogen) atoms. The van der Waals surface area contributed by atoms with Gasteiger partial charge in [0.1, 0.15) is 6.04 Å². The van der Waals surface area contributed by atoms with E-state index in [9.17, 15) is 18.0 Å². The SMILES string of the molecule is CCOC(=O)CC(NC)C(F)(F)F. The van der Waals surface area contributed by atoms with Crippen molar-refractivity contribution in [2.24, 2.45) is 0 Å². The summed E-state index contributed by atoms with van der Waals surface area (Å²) >= 11 is 0. The molecule has 0 heterocycles. The molecule has 0 aliphatic rings. The van der Waals surface area contributed by atoms with Gasteiger partial charge in [-0.05, 0) is 14.0 Å². The van der Waals surface area contributed by atoms with Crippen LogP contribution in [0, 0.1) is 0 Å². The lowest BCUT2D eigenvalue weighted by atomic mass is 10.2. The van der Waals surface area contributed by atoms with Crippen LogP contribution in [0.2, 0.25) is 0 Å². The Bertz CT molecular complexity index is 170. The van der Waals surface area contributed by atoms with Crippen LogP contribution < -0.4 is 5.32 Å². The minimum absolute atomic E-state index is 0.0904. The smallest absolute Gasteiger partial charge is 0.404 e. The number of nitrogens with one attached hydrogen (secondary N) is 1. The lowest BCUT2D eigenvalue weighted by Gasteiger charge is -2.18. The summed E-state index contributed by atoms with van der Waals surface area (Å²) in [6, 6.07) is -1.83. The Balaban J connectivity index is 4.06. The molecule has 1 atom stereocenters. The van der Waals surface area contributed by atoms with Gasteiger partial charge in [0.05, 0.1) is 13.0 Å². The zero-order valence-electron chi connectivity index (χ0n) is 7.44. The Kier molecular flexibility index (Phi) is 4.76. The third kappa shape index (κ3) is 4.72. The number of halogens is 3. The van der Waals surface area contributed by atoms with Gasteiger partial charge >= 0.3 is 12.1 Å². The predicted octanol–water partition coefficient (Wildman–Crippen LogP) is 1.09. The van der Waals surface area contributed by atoms with Crippen LogP contribution in [-0.4, -0.2) is 31.8 Å². The molecule has 0 aliphatic carbocycles. The molecule has 0 bridgehead atoms. The van der Waals surface area contributed by atoms with Crippen molar-refractivity contribution in [2.75, 3.05) is 13.7 Å². The number of hydrogen-bond acceptors (Lipinski definition) is 3. The molecule has 3 nitrogen and oxygen atoms in total. The van der Waals surface area contributed by atoms with Crippen LogP contribution in [0.4, 0.5) is 13.2 Å². The highest BCUT2D eigenvalue weighted by atomic mass is 19.4. The lowest BCUT2D eigenvalue weighted by Crippen LogP contribution is -2.42. The van der Waals surface area contributed by atoms with Gasteiger partial charge in [0.15, 0.2) is 0 Å². The first-order chi connectivity index (χ1) is 5.91. The summed E-state index contributed by atoms with van der Waals surface area (Å²) in [5.74, 6) is -0.848. The molecule has 0 amide bonds. The van der Waals surface area contributed by atoms with E-state index >= 15 is 0 Å². The maximum absolute atomic E-state index is 12.1. The molecule has 0 spiro atoms. The van der Waals surface area contributed by atoms with Crippen LogP contribution >= 0.6 is 0 Å². The second-order valence-corrected chi connectivity index (χ2v) is 2.39. The Labute approximate surface area is 74.3 Å². The predicted molar refractivity (Wildman–Crippen MR) is 40.2 cm³/mol. The van der Waals surface area contributed by atoms with Gasteiger partial charge in [-0.2, -0.15) is 13.2 Å². The molecule has 0 radical (unpaired) electrons. The first-order valence-corrected chi connectivity index (χ1v) is 3.81. The van der Waals surface area contributed by atoms with Crippen LogP contribution in [-0.2, 0) is 9.53 Å². The number of alkyl halides is 3. The highest BCUT2D eigenvalue weighted by molar-refractivity contribution is 5.70. The standard InChI is InChI=1S/C7H12F3NO2/c1-3-13-6(12)4-5(11-2)7(8,9)10/h5,11H,3-4H2,1-2H3. The summed E-state index contributed by atoms with van der Waals surface area (Å²) in [5.41, 5.74) is 0. The van der Waals surface area contributed by atoms with Crippen molar-refractivity contribution in [1.29, 1.82) is 0 Å². The fourth-order valence-electron chi connectivity index (χ4n) is 0.768. The molecule has 0 saturated heterocycles. The number of hydrogen-bond donors (Lipinski definition) is 1. The molecule has 0 rings (SSSR count). The lowest BCUT2D eigenvalue weighted by molar-refractivity contribution is -0.168. The molecule has 0 aliphatic heterocycles. The zero-order valence-corrected chi connectivity index (χ0v) is 7.44. The summed E-state index contributed by atoms with van der Waals surface area (Å²) in [7, 11) is 1.15. The van der Waals surface area contributed by atoms with Crippen LogP contribution in [0.15, 0.2) is 0 Å². The van der Waals surface area contributed by atoms with Crippen LogP contribution in [0.1, 0.15) is 13.3 Å². The Morgan fingerprint density at radius 3 is 2.38 bits per heavy atom. The average Bonchev–Trinajstić information content (AvgIpc) is 1.98. The van der Waals surface area contributed by atoms with Gasteiger partial charge in [-0.1, -0.05) is 0 Å². The zero-order chi connectivity index (χ0) is 10.5. The largest absolute Gasteiger partial charge is 0.466 e. The van der Waals surface area contributed by atoms with Gasteiger partial charge < -0.3 is 10.1 Å². The number of carbonyl (C=O) groups is 1. The van der Waals surface area contributed by atoms with Crippen molar-refractivity contribution >= 4 is 5.97 Å². The minimum atomic E-state index is -4.42. The van der Waals surface area contributed by atoms with E-state index in [1.807, 2.05) is 5.32 Å². The van der Waals surface area contributed by atoms with Crippen LogP contribution in [0.3, 0.4) is 0 Å². The molecule has 0 aromatic rings. The normalized spacial score (nSPS) is 13.9. The molecular weight excluding hydrogens is 187 g/mol. The monoisotopic (exact) mass is 199 g/mol. The van der Waals surface area contributed by atoms with Gasteiger partial charge in [0, 0.05) is 0 Å². The van der Waals surface area contributed by atoms with Crippen LogP contribution in [0.25, 0.3) is 0 Å². The van der Waals surface area contributed by atoms with Crippen molar-refractivity contribution in [1.82, 2.24) is 5.32 Å². The van der Waals surface area contributed by atoms with E-state index in [0.717, 1.165) is 7.05 Å². The van der Waals surface area contributed by atoms with Crippen molar-refractivity contribution in [2.45, 2.75) is 25.6 Å². The van der Waals surface area contributed by atoms with Gasteiger partial charge in [-0.15, -0.1) is 0 Å². The van der Waals surface area contributed by atoms with E-state index in [0.29, 0.717) is 0 Å². The number of ether oxygens (including phenoxy) is 1. The highest BCUT2D eigenvalue weighted by Crippen LogP contribution is 2.22. The van der Waals surface area contributed by atoms with E-state index < -0.39 is 24.6 Å². The third-order valence-electron chi connectivity index (χ3n) is 1.42. The topological polar surface area (TPSA) is 38.3 Å². The Morgan fingerprint density at radius 2 is 2.08 bits per heavy atom. The van der Waals surface area contributed by atoms with Crippen molar-refractivity contribution in [3.8, 4) is 0 Å². The first kappa shape index (κ1) is 12.2. The summed E-state index contributed by atoms with van der Waals surface area (Å²) in [5, 5.41) is 2.01. The molecule has 0 saturated carbocycles. The quantitative estimate of drug-likeness (QED) is 0.689. The third-order valence-corrected chi connectivity index (χ3v) is 1.42. The maximum atomic E-state index is 12.1. The van der Waals surface area contributed by atoms with E-state index in [4.69, 9.17) is 0 Å². The molecule has 78 valence electrons. The fourth-order valence-corrected chi connectivity index (χ4v) is 0.768. The summed E-state index contributed by atoms with van der Waals surface area (Å²) in [4.78, 5) is 10.7. The summed E-state index contributed by atoms with van der Waals surface area (Å²) in [6.07, 6.45) is -5.10. The van der Waals surface area contributed by atoms with Crippen LogP contribution in [0.5, 0.6) is 0 Å². The van der Waals surface area contributed by atoms with Gasteiger partial charge in [-0.25, -0.2) is 0 Å². The first-order valence-electron chi connectivity index (χ1n) is 3.81. The molecule has 0 fully saturated rings. The second kappa shape index (κ2) is 5.06. The van der Waals surface area contributed by atoms with E-state index in [-0.39, 0.29) is 6.61 Å². The Hall–Kier alpha value is -0.780. The summed E-state index contributed by atoms with van der Waals surface area (Å²) in [6.45, 7) is 1.63. The van der Waals surface area contributed by atoms with E-state index in [2.05, 4.69) is 4.74 Å². The molecule has 1 N–H and O–H groups in total. The molecular formula is C7H12F3NO2. The highest BCUT2D eigenvalue weighted by Gasteiger charge is 2.40. The second-order valence-electron chi connectivity index (χ2n) is 2.39. The van der Waals surface area contributed by atoms with E-state index in [1.54, 1.807) is 6.92 Å².